The van der Waals surface area contributed by atoms with Crippen molar-refractivity contribution in [2.75, 3.05) is 19.7 Å². The van der Waals surface area contributed by atoms with Crippen molar-refractivity contribution < 1.29 is 15.2 Å². The molecule has 0 spiro atoms. The summed E-state index contributed by atoms with van der Waals surface area (Å²) in [6, 6.07) is 10.6. The van der Waals surface area contributed by atoms with Gasteiger partial charge in [-0.2, -0.15) is 5.10 Å². The molecule has 0 amide bonds. The van der Waals surface area contributed by atoms with Gasteiger partial charge in [0.1, 0.15) is 12.6 Å². The van der Waals surface area contributed by atoms with Crippen LogP contribution in [0.4, 0.5) is 0 Å². The molecule has 1 aliphatic rings. The molecule has 26 heavy (non-hydrogen) atoms. The minimum absolute atomic E-state index is 0.139. The number of nitrogens with two attached hydrogens (primary N) is 1. The van der Waals surface area contributed by atoms with Gasteiger partial charge in [0.2, 0.25) is 0 Å². The number of aryl methyl sites for hydroxylation is 4. The van der Waals surface area contributed by atoms with E-state index in [1.54, 1.807) is 0 Å². The highest BCUT2D eigenvalue weighted by molar-refractivity contribution is 5.31. The summed E-state index contributed by atoms with van der Waals surface area (Å²) in [4.78, 5) is 0. The summed E-state index contributed by atoms with van der Waals surface area (Å²) < 4.78 is 8.09. The maximum Gasteiger partial charge on any atom is 0.126 e. The molecule has 1 aromatic heterocycles. The van der Waals surface area contributed by atoms with Crippen molar-refractivity contribution in [2.45, 2.75) is 58.3 Å². The molecule has 0 aliphatic heterocycles. The lowest BCUT2D eigenvalue weighted by Crippen LogP contribution is -2.86. The number of aliphatic hydroxyl groups is 1. The van der Waals surface area contributed by atoms with Gasteiger partial charge in [0.05, 0.1) is 24.9 Å². The number of hydrogen-bond acceptors (Lipinski definition) is 3. The SMILES string of the molecule is Cc1cc(C)n(CCC[NH2+]C[C@H](O)CO[C@@H]2CCCc3ccccc32)n1. The molecule has 2 atom stereocenters. The monoisotopic (exact) mass is 358 g/mol. The lowest BCUT2D eigenvalue weighted by atomic mass is 9.89. The highest BCUT2D eigenvalue weighted by Gasteiger charge is 2.21. The van der Waals surface area contributed by atoms with Gasteiger partial charge in [0.15, 0.2) is 0 Å². The lowest BCUT2D eigenvalue weighted by Gasteiger charge is -2.26. The standard InChI is InChI=1S/C21H31N3O2/c1-16-13-17(2)24(23-16)12-6-11-22-14-19(25)15-26-21-10-5-8-18-7-3-4-9-20(18)21/h3-4,7,9,13,19,21-22,25H,5-6,8,10-12,14-15H2,1-2H3/p+1/t19-,21+/m0/s1. The molecule has 1 aromatic carbocycles. The van der Waals surface area contributed by atoms with E-state index in [0.29, 0.717) is 13.2 Å². The van der Waals surface area contributed by atoms with Gasteiger partial charge in [-0.3, -0.25) is 4.68 Å². The van der Waals surface area contributed by atoms with Crippen LogP contribution < -0.4 is 5.32 Å². The first-order valence-electron chi connectivity index (χ1n) is 9.83. The molecule has 0 fully saturated rings. The Morgan fingerprint density at radius 3 is 3.00 bits per heavy atom. The van der Waals surface area contributed by atoms with Gasteiger partial charge in [0.25, 0.3) is 0 Å². The van der Waals surface area contributed by atoms with E-state index in [2.05, 4.69) is 52.4 Å². The number of quaternary nitrogens is 1. The fourth-order valence-corrected chi connectivity index (χ4v) is 3.77. The zero-order valence-electron chi connectivity index (χ0n) is 16.0. The zero-order chi connectivity index (χ0) is 18.4. The van der Waals surface area contributed by atoms with E-state index in [9.17, 15) is 5.11 Å². The summed E-state index contributed by atoms with van der Waals surface area (Å²) in [7, 11) is 0. The van der Waals surface area contributed by atoms with Crippen molar-refractivity contribution >= 4 is 0 Å². The van der Waals surface area contributed by atoms with Crippen LogP contribution >= 0.6 is 0 Å². The van der Waals surface area contributed by atoms with Crippen LogP contribution in [0, 0.1) is 13.8 Å². The van der Waals surface area contributed by atoms with Gasteiger partial charge in [-0.1, -0.05) is 24.3 Å². The first-order valence-corrected chi connectivity index (χ1v) is 9.83. The zero-order valence-corrected chi connectivity index (χ0v) is 16.0. The number of ether oxygens (including phenoxy) is 1. The Kier molecular flexibility index (Phi) is 6.83. The predicted molar refractivity (Wildman–Crippen MR) is 102 cm³/mol. The van der Waals surface area contributed by atoms with Gasteiger partial charge < -0.3 is 15.2 Å². The van der Waals surface area contributed by atoms with Crippen molar-refractivity contribution in [1.82, 2.24) is 9.78 Å². The predicted octanol–water partition coefficient (Wildman–Crippen LogP) is 1.91. The molecule has 0 radical (unpaired) electrons. The first-order chi connectivity index (χ1) is 12.6. The molecule has 142 valence electrons. The highest BCUT2D eigenvalue weighted by Crippen LogP contribution is 2.32. The molecule has 3 N–H and O–H groups in total. The van der Waals surface area contributed by atoms with Gasteiger partial charge in [-0.05, 0) is 50.3 Å². The summed E-state index contributed by atoms with van der Waals surface area (Å²) in [5, 5.41) is 16.9. The molecule has 5 nitrogen and oxygen atoms in total. The third-order valence-corrected chi connectivity index (χ3v) is 5.12. The van der Waals surface area contributed by atoms with Crippen molar-refractivity contribution in [1.29, 1.82) is 0 Å². The smallest absolute Gasteiger partial charge is 0.126 e. The molecule has 3 rings (SSSR count). The molecular formula is C21H32N3O2+. The Morgan fingerprint density at radius 1 is 1.35 bits per heavy atom. The third-order valence-electron chi connectivity index (χ3n) is 5.12. The van der Waals surface area contributed by atoms with Crippen LogP contribution in [0.15, 0.2) is 30.3 Å². The highest BCUT2D eigenvalue weighted by atomic mass is 16.5. The van der Waals surface area contributed by atoms with Crippen molar-refractivity contribution in [3.05, 3.63) is 52.8 Å². The van der Waals surface area contributed by atoms with E-state index >= 15 is 0 Å². The quantitative estimate of drug-likeness (QED) is 0.673. The second-order valence-corrected chi connectivity index (χ2v) is 7.38. The summed E-state index contributed by atoms with van der Waals surface area (Å²) >= 11 is 0. The van der Waals surface area contributed by atoms with E-state index in [0.717, 1.165) is 44.5 Å². The molecule has 0 unspecified atom stereocenters. The number of rotatable bonds is 9. The Labute approximate surface area is 156 Å². The number of aromatic nitrogens is 2. The van der Waals surface area contributed by atoms with Gasteiger partial charge in [-0.15, -0.1) is 0 Å². The second kappa shape index (κ2) is 9.31. The minimum Gasteiger partial charge on any atom is -0.385 e. The molecule has 2 aromatic rings. The third kappa shape index (κ3) is 5.16. The largest absolute Gasteiger partial charge is 0.385 e. The first kappa shape index (κ1) is 19.1. The van der Waals surface area contributed by atoms with Crippen molar-refractivity contribution in [3.63, 3.8) is 0 Å². The van der Waals surface area contributed by atoms with E-state index in [-0.39, 0.29) is 6.10 Å². The lowest BCUT2D eigenvalue weighted by molar-refractivity contribution is -0.661. The number of hydrogen-bond donors (Lipinski definition) is 2. The van der Waals surface area contributed by atoms with Gasteiger partial charge in [0, 0.05) is 18.7 Å². The molecule has 5 heteroatoms. The van der Waals surface area contributed by atoms with E-state index < -0.39 is 6.10 Å². The second-order valence-electron chi connectivity index (χ2n) is 7.38. The fraction of sp³-hybridized carbons (Fsp3) is 0.571. The Balaban J connectivity index is 1.32. The summed E-state index contributed by atoms with van der Waals surface area (Å²) in [5.74, 6) is 0. The fourth-order valence-electron chi connectivity index (χ4n) is 3.77. The average molecular weight is 359 g/mol. The number of benzene rings is 1. The van der Waals surface area contributed by atoms with E-state index in [4.69, 9.17) is 4.74 Å². The molecule has 0 saturated carbocycles. The van der Waals surface area contributed by atoms with E-state index in [1.165, 1.54) is 16.8 Å². The van der Waals surface area contributed by atoms with Crippen LogP contribution in [0.2, 0.25) is 0 Å². The molecule has 0 bridgehead atoms. The molecule has 1 heterocycles. The average Bonchev–Trinajstić information content (AvgIpc) is 2.97. The van der Waals surface area contributed by atoms with E-state index in [1.807, 2.05) is 6.92 Å². The van der Waals surface area contributed by atoms with Crippen molar-refractivity contribution in [3.8, 4) is 0 Å². The summed E-state index contributed by atoms with van der Waals surface area (Å²) in [5.41, 5.74) is 4.99. The molecule has 0 saturated heterocycles. The number of aliphatic hydroxyl groups excluding tert-OH is 1. The van der Waals surface area contributed by atoms with Crippen LogP contribution in [0.25, 0.3) is 0 Å². The normalized spacial score (nSPS) is 17.9. The molecule has 1 aliphatic carbocycles. The maximum atomic E-state index is 10.2. The topological polar surface area (TPSA) is 63.9 Å². The van der Waals surface area contributed by atoms with Gasteiger partial charge in [-0.25, -0.2) is 0 Å². The van der Waals surface area contributed by atoms with Crippen LogP contribution in [0.5, 0.6) is 0 Å². The maximum absolute atomic E-state index is 10.2. The van der Waals surface area contributed by atoms with Crippen LogP contribution in [0.1, 0.15) is 47.9 Å². The number of fused-ring (bicyclic) bond motifs is 1. The van der Waals surface area contributed by atoms with Crippen LogP contribution in [-0.4, -0.2) is 40.7 Å². The summed E-state index contributed by atoms with van der Waals surface area (Å²) in [6.07, 6.45) is 4.12. The Bertz CT molecular complexity index is 698. The minimum atomic E-state index is -0.419. The summed E-state index contributed by atoms with van der Waals surface area (Å²) in [6.45, 7) is 7.13. The number of nitrogens with zero attached hydrogens (tertiary/aromatic N) is 2. The van der Waals surface area contributed by atoms with Gasteiger partial charge >= 0.3 is 0 Å². The van der Waals surface area contributed by atoms with Crippen molar-refractivity contribution in [2.24, 2.45) is 0 Å². The van der Waals surface area contributed by atoms with Crippen LogP contribution in [0.3, 0.4) is 0 Å². The van der Waals surface area contributed by atoms with Crippen LogP contribution in [-0.2, 0) is 17.7 Å². The Hall–Kier alpha value is -1.69. The Morgan fingerprint density at radius 2 is 2.19 bits per heavy atom. The molecular weight excluding hydrogens is 326 g/mol.